The minimum atomic E-state index is -0.716. The molecule has 0 bridgehead atoms. The van der Waals surface area contributed by atoms with Crippen molar-refractivity contribution in [3.05, 3.63) is 29.6 Å². The third-order valence-electron chi connectivity index (χ3n) is 4.62. The van der Waals surface area contributed by atoms with Crippen LogP contribution in [0.1, 0.15) is 29.6 Å². The molecular weight excluding hydrogens is 289 g/mol. The molecule has 0 aliphatic carbocycles. The highest BCUT2D eigenvalue weighted by molar-refractivity contribution is 5.97. The van der Waals surface area contributed by atoms with Gasteiger partial charge in [-0.3, -0.25) is 4.79 Å². The fourth-order valence-electron chi connectivity index (χ4n) is 3.34. The summed E-state index contributed by atoms with van der Waals surface area (Å²) in [7, 11) is 1.44. The summed E-state index contributed by atoms with van der Waals surface area (Å²) in [6.45, 7) is 1.33. The van der Waals surface area contributed by atoms with Gasteiger partial charge < -0.3 is 19.5 Å². The van der Waals surface area contributed by atoms with Crippen LogP contribution in [0.3, 0.4) is 0 Å². The SMILES string of the molecule is COc1ccc(F)cc1C(=O)N1CC[C@@]2(CCCO2)[C@@H](O)C1. The van der Waals surface area contributed by atoms with Gasteiger partial charge in [-0.2, -0.15) is 0 Å². The van der Waals surface area contributed by atoms with Gasteiger partial charge >= 0.3 is 0 Å². The maximum atomic E-state index is 13.4. The van der Waals surface area contributed by atoms with Gasteiger partial charge in [0.05, 0.1) is 18.3 Å². The third kappa shape index (κ3) is 2.57. The van der Waals surface area contributed by atoms with Crippen molar-refractivity contribution < 1.29 is 23.8 Å². The Bertz CT molecular complexity index is 571. The predicted octanol–water partition coefficient (Wildman–Crippen LogP) is 1.59. The van der Waals surface area contributed by atoms with E-state index in [0.29, 0.717) is 25.3 Å². The maximum absolute atomic E-state index is 13.4. The average Bonchev–Trinajstić information content (AvgIpc) is 2.99. The smallest absolute Gasteiger partial charge is 0.257 e. The van der Waals surface area contributed by atoms with Crippen molar-refractivity contribution in [2.75, 3.05) is 26.8 Å². The Hall–Kier alpha value is -1.66. The lowest BCUT2D eigenvalue weighted by Crippen LogP contribution is -2.56. The first-order chi connectivity index (χ1) is 10.6. The zero-order valence-electron chi connectivity index (χ0n) is 12.5. The number of amides is 1. The number of hydrogen-bond donors (Lipinski definition) is 1. The van der Waals surface area contributed by atoms with Crippen LogP contribution >= 0.6 is 0 Å². The lowest BCUT2D eigenvalue weighted by Gasteiger charge is -2.42. The Morgan fingerprint density at radius 3 is 2.95 bits per heavy atom. The number of β-amino-alcohol motifs (C(OH)–C–C–N with tert-alkyl or cyclic N) is 1. The van der Waals surface area contributed by atoms with Gasteiger partial charge in [0.1, 0.15) is 17.7 Å². The van der Waals surface area contributed by atoms with Crippen LogP contribution in [0.2, 0.25) is 0 Å². The molecule has 2 fully saturated rings. The summed E-state index contributed by atoms with van der Waals surface area (Å²) in [5, 5.41) is 10.4. The van der Waals surface area contributed by atoms with Gasteiger partial charge in [0.2, 0.25) is 0 Å². The first kappa shape index (κ1) is 15.2. The Kier molecular flexibility index (Phi) is 4.06. The second-order valence-electron chi connectivity index (χ2n) is 5.88. The molecule has 2 aliphatic rings. The summed E-state index contributed by atoms with van der Waals surface area (Å²) in [5.74, 6) is -0.487. The Balaban J connectivity index is 1.78. The van der Waals surface area contributed by atoms with Crippen LogP contribution < -0.4 is 4.74 Å². The van der Waals surface area contributed by atoms with Crippen molar-refractivity contribution in [1.29, 1.82) is 0 Å². The summed E-state index contributed by atoms with van der Waals surface area (Å²) in [6, 6.07) is 3.86. The molecule has 1 spiro atoms. The highest BCUT2D eigenvalue weighted by atomic mass is 19.1. The molecule has 1 N–H and O–H groups in total. The number of hydrogen-bond acceptors (Lipinski definition) is 4. The molecule has 0 aromatic heterocycles. The largest absolute Gasteiger partial charge is 0.496 e. The van der Waals surface area contributed by atoms with E-state index in [1.165, 1.54) is 30.2 Å². The van der Waals surface area contributed by atoms with Gasteiger partial charge in [0, 0.05) is 19.7 Å². The van der Waals surface area contributed by atoms with Crippen molar-refractivity contribution in [3.63, 3.8) is 0 Å². The van der Waals surface area contributed by atoms with Crippen LogP contribution in [0, 0.1) is 5.82 Å². The van der Waals surface area contributed by atoms with Crippen molar-refractivity contribution in [2.45, 2.75) is 31.0 Å². The molecule has 120 valence electrons. The number of carbonyl (C=O) groups is 1. The Morgan fingerprint density at radius 1 is 1.50 bits per heavy atom. The van der Waals surface area contributed by atoms with Crippen LogP contribution in [0.25, 0.3) is 0 Å². The van der Waals surface area contributed by atoms with E-state index in [4.69, 9.17) is 9.47 Å². The molecule has 1 amide bonds. The van der Waals surface area contributed by atoms with E-state index in [0.717, 1.165) is 12.8 Å². The lowest BCUT2D eigenvalue weighted by atomic mass is 9.86. The van der Waals surface area contributed by atoms with Gasteiger partial charge in [-0.25, -0.2) is 4.39 Å². The molecule has 2 aliphatic heterocycles. The monoisotopic (exact) mass is 309 g/mol. The molecule has 0 saturated carbocycles. The fourth-order valence-corrected chi connectivity index (χ4v) is 3.34. The fraction of sp³-hybridized carbons (Fsp3) is 0.562. The van der Waals surface area contributed by atoms with E-state index < -0.39 is 17.5 Å². The number of aliphatic hydroxyl groups is 1. The average molecular weight is 309 g/mol. The number of carbonyl (C=O) groups excluding carboxylic acids is 1. The molecule has 1 aromatic carbocycles. The first-order valence-corrected chi connectivity index (χ1v) is 7.50. The van der Waals surface area contributed by atoms with Crippen molar-refractivity contribution in [2.24, 2.45) is 0 Å². The van der Waals surface area contributed by atoms with Crippen LogP contribution in [-0.4, -0.2) is 54.4 Å². The van der Waals surface area contributed by atoms with Gasteiger partial charge in [-0.15, -0.1) is 0 Å². The molecule has 6 heteroatoms. The molecule has 2 atom stereocenters. The topological polar surface area (TPSA) is 59.0 Å². The summed E-state index contributed by atoms with van der Waals surface area (Å²) >= 11 is 0. The number of methoxy groups -OCH3 is 1. The van der Waals surface area contributed by atoms with Gasteiger partial charge in [0.25, 0.3) is 5.91 Å². The van der Waals surface area contributed by atoms with E-state index in [2.05, 4.69) is 0 Å². The maximum Gasteiger partial charge on any atom is 0.257 e. The number of piperidine rings is 1. The zero-order chi connectivity index (χ0) is 15.7. The first-order valence-electron chi connectivity index (χ1n) is 7.50. The van der Waals surface area contributed by atoms with E-state index in [1.807, 2.05) is 0 Å². The second kappa shape index (κ2) is 5.85. The number of aliphatic hydroxyl groups excluding tert-OH is 1. The molecule has 5 nitrogen and oxygen atoms in total. The van der Waals surface area contributed by atoms with E-state index in [9.17, 15) is 14.3 Å². The minimum Gasteiger partial charge on any atom is -0.496 e. The van der Waals surface area contributed by atoms with Gasteiger partial charge in [0.15, 0.2) is 0 Å². The molecule has 3 rings (SSSR count). The molecule has 2 heterocycles. The minimum absolute atomic E-state index is 0.179. The number of ether oxygens (including phenoxy) is 2. The zero-order valence-corrected chi connectivity index (χ0v) is 12.5. The second-order valence-corrected chi connectivity index (χ2v) is 5.88. The van der Waals surface area contributed by atoms with Crippen molar-refractivity contribution in [3.8, 4) is 5.75 Å². The molecule has 1 aromatic rings. The number of rotatable bonds is 2. The highest BCUT2D eigenvalue weighted by Gasteiger charge is 2.46. The summed E-state index contributed by atoms with van der Waals surface area (Å²) < 4.78 is 24.3. The summed E-state index contributed by atoms with van der Waals surface area (Å²) in [4.78, 5) is 14.1. The molecule has 2 saturated heterocycles. The normalized spacial score (nSPS) is 28.1. The van der Waals surface area contributed by atoms with Crippen LogP contribution in [-0.2, 0) is 4.74 Å². The van der Waals surface area contributed by atoms with Crippen molar-refractivity contribution in [1.82, 2.24) is 4.90 Å². The Morgan fingerprint density at radius 2 is 2.32 bits per heavy atom. The van der Waals surface area contributed by atoms with Crippen LogP contribution in [0.4, 0.5) is 4.39 Å². The Labute approximate surface area is 128 Å². The number of nitrogens with zero attached hydrogens (tertiary/aromatic N) is 1. The number of likely N-dealkylation sites (tertiary alicyclic amines) is 1. The van der Waals surface area contributed by atoms with E-state index >= 15 is 0 Å². The number of benzene rings is 1. The van der Waals surface area contributed by atoms with Crippen LogP contribution in [0.15, 0.2) is 18.2 Å². The highest BCUT2D eigenvalue weighted by Crippen LogP contribution is 2.36. The van der Waals surface area contributed by atoms with Crippen molar-refractivity contribution >= 4 is 5.91 Å². The van der Waals surface area contributed by atoms with Crippen LogP contribution in [0.5, 0.6) is 5.75 Å². The van der Waals surface area contributed by atoms with E-state index in [1.54, 1.807) is 0 Å². The number of halogens is 1. The van der Waals surface area contributed by atoms with Gasteiger partial charge in [-0.05, 0) is 37.5 Å². The molecular formula is C16H20FNO4. The summed E-state index contributed by atoms with van der Waals surface area (Å²) in [5.41, 5.74) is -0.332. The molecule has 0 unspecified atom stereocenters. The third-order valence-corrected chi connectivity index (χ3v) is 4.62. The van der Waals surface area contributed by atoms with Gasteiger partial charge in [-0.1, -0.05) is 0 Å². The summed E-state index contributed by atoms with van der Waals surface area (Å²) in [6.07, 6.45) is 1.63. The molecule has 22 heavy (non-hydrogen) atoms. The molecule has 0 radical (unpaired) electrons. The van der Waals surface area contributed by atoms with E-state index in [-0.39, 0.29) is 18.0 Å². The quantitative estimate of drug-likeness (QED) is 0.901. The standard InChI is InChI=1S/C16H20FNO4/c1-21-13-4-3-11(17)9-12(13)15(20)18-7-6-16(14(19)10-18)5-2-8-22-16/h3-4,9,14,19H,2,5-8,10H2,1H3/t14-,16-/m0/s1. The predicted molar refractivity (Wildman–Crippen MR) is 77.4 cm³/mol. The lowest BCUT2D eigenvalue weighted by molar-refractivity contribution is -0.123.